The number of hydrogen-bond acceptors (Lipinski definition) is 3. The number of carbonyl (C=O) groups excluding carboxylic acids is 1. The van der Waals surface area contributed by atoms with Gasteiger partial charge < -0.3 is 15.4 Å². The lowest BCUT2D eigenvalue weighted by Crippen LogP contribution is -2.50. The van der Waals surface area contributed by atoms with E-state index in [0.29, 0.717) is 13.0 Å². The molecule has 1 aliphatic carbocycles. The van der Waals surface area contributed by atoms with Crippen molar-refractivity contribution in [2.45, 2.75) is 64.6 Å². The second-order valence-electron chi connectivity index (χ2n) is 6.50. The Labute approximate surface area is 116 Å². The molecule has 1 amide bonds. The maximum atomic E-state index is 12.5. The topological polar surface area (TPSA) is 55.6 Å². The number of rotatable bonds is 3. The maximum absolute atomic E-state index is 12.5. The highest BCUT2D eigenvalue weighted by molar-refractivity contribution is 5.77. The fourth-order valence-electron chi connectivity index (χ4n) is 3.57. The molecule has 0 radical (unpaired) electrons. The summed E-state index contributed by atoms with van der Waals surface area (Å²) in [6.07, 6.45) is 6.89. The van der Waals surface area contributed by atoms with Crippen LogP contribution in [-0.4, -0.2) is 42.6 Å². The van der Waals surface area contributed by atoms with E-state index in [0.717, 1.165) is 25.9 Å². The molecule has 0 aromatic rings. The van der Waals surface area contributed by atoms with Crippen molar-refractivity contribution in [3.8, 4) is 0 Å². The van der Waals surface area contributed by atoms with Gasteiger partial charge in [0, 0.05) is 19.5 Å². The minimum atomic E-state index is 0.0696. The third-order valence-corrected chi connectivity index (χ3v) is 4.65. The van der Waals surface area contributed by atoms with Crippen LogP contribution in [0.3, 0.4) is 0 Å². The highest BCUT2D eigenvalue weighted by Gasteiger charge is 2.36. The largest absolute Gasteiger partial charge is 0.372 e. The van der Waals surface area contributed by atoms with Crippen LogP contribution in [0.25, 0.3) is 0 Å². The van der Waals surface area contributed by atoms with Crippen LogP contribution < -0.4 is 5.73 Å². The average molecular weight is 268 g/mol. The van der Waals surface area contributed by atoms with Crippen molar-refractivity contribution < 1.29 is 9.53 Å². The van der Waals surface area contributed by atoms with E-state index >= 15 is 0 Å². The SMILES string of the molecule is C[C@@H]1CN(C(=O)CC2(CN)CCCCC2)C[C@H](C)O1. The molecular weight excluding hydrogens is 240 g/mol. The van der Waals surface area contributed by atoms with E-state index in [1.165, 1.54) is 19.3 Å². The summed E-state index contributed by atoms with van der Waals surface area (Å²) in [6.45, 7) is 6.17. The second-order valence-corrected chi connectivity index (χ2v) is 6.50. The fourth-order valence-corrected chi connectivity index (χ4v) is 3.57. The summed E-state index contributed by atoms with van der Waals surface area (Å²) < 4.78 is 5.69. The van der Waals surface area contributed by atoms with E-state index in [9.17, 15) is 4.79 Å². The van der Waals surface area contributed by atoms with E-state index in [-0.39, 0.29) is 23.5 Å². The summed E-state index contributed by atoms with van der Waals surface area (Å²) in [4.78, 5) is 14.5. The minimum Gasteiger partial charge on any atom is -0.372 e. The van der Waals surface area contributed by atoms with Crippen molar-refractivity contribution in [3.63, 3.8) is 0 Å². The fraction of sp³-hybridized carbons (Fsp3) is 0.933. The van der Waals surface area contributed by atoms with Crippen LogP contribution in [0.4, 0.5) is 0 Å². The third kappa shape index (κ3) is 3.69. The van der Waals surface area contributed by atoms with Gasteiger partial charge in [-0.05, 0) is 38.6 Å². The van der Waals surface area contributed by atoms with Gasteiger partial charge >= 0.3 is 0 Å². The Bertz CT molecular complexity index is 303. The number of nitrogens with two attached hydrogens (primary N) is 1. The van der Waals surface area contributed by atoms with Crippen molar-refractivity contribution >= 4 is 5.91 Å². The molecule has 2 rings (SSSR count). The molecule has 2 aliphatic rings. The molecule has 2 fully saturated rings. The lowest BCUT2D eigenvalue weighted by Gasteiger charge is -2.40. The van der Waals surface area contributed by atoms with Gasteiger partial charge in [0.15, 0.2) is 0 Å². The Morgan fingerprint density at radius 3 is 2.32 bits per heavy atom. The van der Waals surface area contributed by atoms with Gasteiger partial charge in [-0.1, -0.05) is 19.3 Å². The van der Waals surface area contributed by atoms with Crippen LogP contribution >= 0.6 is 0 Å². The molecule has 0 unspecified atom stereocenters. The zero-order valence-corrected chi connectivity index (χ0v) is 12.4. The van der Waals surface area contributed by atoms with E-state index in [4.69, 9.17) is 10.5 Å². The summed E-state index contributed by atoms with van der Waals surface area (Å²) in [7, 11) is 0. The molecule has 1 heterocycles. The highest BCUT2D eigenvalue weighted by atomic mass is 16.5. The first-order valence-electron chi connectivity index (χ1n) is 7.68. The van der Waals surface area contributed by atoms with E-state index in [2.05, 4.69) is 0 Å². The van der Waals surface area contributed by atoms with Crippen LogP contribution in [0.5, 0.6) is 0 Å². The Kier molecular flexibility index (Phi) is 4.85. The Morgan fingerprint density at radius 2 is 1.79 bits per heavy atom. The van der Waals surface area contributed by atoms with Crippen LogP contribution in [0.15, 0.2) is 0 Å². The quantitative estimate of drug-likeness (QED) is 0.851. The Hall–Kier alpha value is -0.610. The summed E-state index contributed by atoms with van der Waals surface area (Å²) in [5.74, 6) is 0.273. The number of ether oxygens (including phenoxy) is 1. The molecule has 1 saturated carbocycles. The number of amides is 1. The highest BCUT2D eigenvalue weighted by Crippen LogP contribution is 2.38. The van der Waals surface area contributed by atoms with Crippen molar-refractivity contribution in [3.05, 3.63) is 0 Å². The lowest BCUT2D eigenvalue weighted by atomic mass is 9.71. The molecule has 1 aliphatic heterocycles. The molecule has 4 heteroatoms. The average Bonchev–Trinajstić information content (AvgIpc) is 2.38. The van der Waals surface area contributed by atoms with Crippen LogP contribution in [0.1, 0.15) is 52.4 Å². The second kappa shape index (κ2) is 6.23. The van der Waals surface area contributed by atoms with E-state index < -0.39 is 0 Å². The van der Waals surface area contributed by atoms with Crippen LogP contribution in [-0.2, 0) is 9.53 Å². The summed E-state index contributed by atoms with van der Waals surface area (Å²) in [5.41, 5.74) is 6.04. The van der Waals surface area contributed by atoms with Crippen molar-refractivity contribution in [1.82, 2.24) is 4.90 Å². The number of morpholine rings is 1. The standard InChI is InChI=1S/C15H28N2O2/c1-12-9-17(10-13(2)19-12)14(18)8-15(11-16)6-4-3-5-7-15/h12-13H,3-11,16H2,1-2H3/t12-,13+. The molecule has 1 saturated heterocycles. The van der Waals surface area contributed by atoms with Gasteiger partial charge in [0.2, 0.25) is 5.91 Å². The predicted octanol–water partition coefficient (Wildman–Crippen LogP) is 1.92. The molecule has 0 spiro atoms. The molecule has 2 N–H and O–H groups in total. The van der Waals surface area contributed by atoms with Gasteiger partial charge in [-0.25, -0.2) is 0 Å². The lowest BCUT2D eigenvalue weighted by molar-refractivity contribution is -0.146. The third-order valence-electron chi connectivity index (χ3n) is 4.65. The van der Waals surface area contributed by atoms with Gasteiger partial charge in [-0.3, -0.25) is 4.79 Å². The monoisotopic (exact) mass is 268 g/mol. The summed E-state index contributed by atoms with van der Waals surface area (Å²) in [5, 5.41) is 0. The van der Waals surface area contributed by atoms with Gasteiger partial charge in [-0.15, -0.1) is 0 Å². The zero-order valence-electron chi connectivity index (χ0n) is 12.4. The van der Waals surface area contributed by atoms with E-state index in [1.54, 1.807) is 0 Å². The van der Waals surface area contributed by atoms with Gasteiger partial charge in [0.25, 0.3) is 0 Å². The zero-order chi connectivity index (χ0) is 13.9. The van der Waals surface area contributed by atoms with Gasteiger partial charge in [0.1, 0.15) is 0 Å². The van der Waals surface area contributed by atoms with E-state index in [1.807, 2.05) is 18.7 Å². The Balaban J connectivity index is 1.95. The van der Waals surface area contributed by atoms with Gasteiger partial charge in [-0.2, -0.15) is 0 Å². The van der Waals surface area contributed by atoms with Crippen molar-refractivity contribution in [2.75, 3.05) is 19.6 Å². The molecule has 110 valence electrons. The first-order valence-corrected chi connectivity index (χ1v) is 7.68. The first kappa shape index (κ1) is 14.8. The predicted molar refractivity (Wildman–Crippen MR) is 75.8 cm³/mol. The molecule has 2 atom stereocenters. The van der Waals surface area contributed by atoms with Crippen molar-refractivity contribution in [2.24, 2.45) is 11.1 Å². The summed E-state index contributed by atoms with van der Waals surface area (Å²) in [6, 6.07) is 0. The smallest absolute Gasteiger partial charge is 0.223 e. The minimum absolute atomic E-state index is 0.0696. The number of nitrogens with zero attached hydrogens (tertiary/aromatic N) is 1. The molecule has 0 aromatic carbocycles. The molecule has 4 nitrogen and oxygen atoms in total. The first-order chi connectivity index (χ1) is 9.04. The van der Waals surface area contributed by atoms with Crippen LogP contribution in [0.2, 0.25) is 0 Å². The number of carbonyl (C=O) groups is 1. The summed E-state index contributed by atoms with van der Waals surface area (Å²) >= 11 is 0. The maximum Gasteiger partial charge on any atom is 0.223 e. The van der Waals surface area contributed by atoms with Crippen molar-refractivity contribution in [1.29, 1.82) is 0 Å². The van der Waals surface area contributed by atoms with Gasteiger partial charge in [0.05, 0.1) is 12.2 Å². The molecule has 0 bridgehead atoms. The molecule has 0 aromatic heterocycles. The Morgan fingerprint density at radius 1 is 1.21 bits per heavy atom. The molecule has 19 heavy (non-hydrogen) atoms. The number of hydrogen-bond donors (Lipinski definition) is 1. The van der Waals surface area contributed by atoms with Crippen LogP contribution in [0, 0.1) is 5.41 Å². The normalized spacial score (nSPS) is 31.2. The molecular formula is C15H28N2O2.